The van der Waals surface area contributed by atoms with Crippen LogP contribution in [-0.2, 0) is 0 Å². The number of hydrogen-bond donors (Lipinski definition) is 1. The average molecular weight is 242 g/mol. The van der Waals surface area contributed by atoms with Crippen molar-refractivity contribution in [3.05, 3.63) is 0 Å². The Morgan fingerprint density at radius 1 is 1.25 bits per heavy atom. The Balaban J connectivity index is 1.59. The van der Waals surface area contributed by atoms with Gasteiger partial charge in [-0.05, 0) is 58.0 Å². The van der Waals surface area contributed by atoms with E-state index in [2.05, 4.69) is 29.0 Å². The van der Waals surface area contributed by atoms with Gasteiger partial charge in [0.25, 0.3) is 0 Å². The standard InChI is InChI=1S/C13H26N2S/c1-15-9-3-2-6-13(15)7-8-14-12-5-4-10-16-11-12/h12-14H,2-11H2,1H3. The lowest BCUT2D eigenvalue weighted by molar-refractivity contribution is 0.174. The third-order valence-electron chi connectivity index (χ3n) is 3.99. The van der Waals surface area contributed by atoms with E-state index in [0.717, 1.165) is 12.1 Å². The van der Waals surface area contributed by atoms with Crippen molar-refractivity contribution in [2.75, 3.05) is 31.6 Å². The summed E-state index contributed by atoms with van der Waals surface area (Å²) in [7, 11) is 2.29. The number of rotatable bonds is 4. The number of hydrogen-bond acceptors (Lipinski definition) is 3. The zero-order valence-electron chi connectivity index (χ0n) is 10.6. The van der Waals surface area contributed by atoms with Gasteiger partial charge in [0.15, 0.2) is 0 Å². The fourth-order valence-electron chi connectivity index (χ4n) is 2.86. The van der Waals surface area contributed by atoms with E-state index in [1.54, 1.807) is 0 Å². The zero-order valence-corrected chi connectivity index (χ0v) is 11.4. The minimum absolute atomic E-state index is 0.799. The molecule has 0 radical (unpaired) electrons. The minimum Gasteiger partial charge on any atom is -0.313 e. The second-order valence-electron chi connectivity index (χ2n) is 5.29. The molecule has 0 aromatic carbocycles. The monoisotopic (exact) mass is 242 g/mol. The maximum Gasteiger partial charge on any atom is 0.0158 e. The van der Waals surface area contributed by atoms with Crippen LogP contribution in [0.3, 0.4) is 0 Å². The van der Waals surface area contributed by atoms with Crippen LogP contribution in [0.2, 0.25) is 0 Å². The summed E-state index contributed by atoms with van der Waals surface area (Å²) in [5, 5.41) is 3.74. The number of thioether (sulfide) groups is 1. The lowest BCUT2D eigenvalue weighted by atomic mass is 10.00. The second kappa shape index (κ2) is 6.87. The van der Waals surface area contributed by atoms with Gasteiger partial charge in [0.1, 0.15) is 0 Å². The molecule has 2 fully saturated rings. The highest BCUT2D eigenvalue weighted by molar-refractivity contribution is 7.99. The van der Waals surface area contributed by atoms with Gasteiger partial charge in [-0.3, -0.25) is 0 Å². The van der Waals surface area contributed by atoms with E-state index >= 15 is 0 Å². The molecule has 0 aromatic rings. The molecule has 0 aromatic heterocycles. The highest BCUT2D eigenvalue weighted by atomic mass is 32.2. The Labute approximate surface area is 105 Å². The van der Waals surface area contributed by atoms with Crippen molar-refractivity contribution in [3.8, 4) is 0 Å². The van der Waals surface area contributed by atoms with Crippen LogP contribution in [0.15, 0.2) is 0 Å². The van der Waals surface area contributed by atoms with Gasteiger partial charge in [-0.2, -0.15) is 11.8 Å². The van der Waals surface area contributed by atoms with Crippen LogP contribution in [-0.4, -0.2) is 48.6 Å². The van der Waals surface area contributed by atoms with E-state index in [-0.39, 0.29) is 0 Å². The van der Waals surface area contributed by atoms with Crippen LogP contribution in [0.4, 0.5) is 0 Å². The van der Waals surface area contributed by atoms with Crippen molar-refractivity contribution in [3.63, 3.8) is 0 Å². The molecule has 94 valence electrons. The maximum atomic E-state index is 3.74. The first-order chi connectivity index (χ1) is 7.86. The maximum absolute atomic E-state index is 3.74. The van der Waals surface area contributed by atoms with E-state index < -0.39 is 0 Å². The van der Waals surface area contributed by atoms with Crippen molar-refractivity contribution < 1.29 is 0 Å². The molecule has 1 N–H and O–H groups in total. The average Bonchev–Trinajstić information content (AvgIpc) is 2.33. The molecule has 16 heavy (non-hydrogen) atoms. The summed E-state index contributed by atoms with van der Waals surface area (Å²) < 4.78 is 0. The van der Waals surface area contributed by atoms with E-state index in [9.17, 15) is 0 Å². The van der Waals surface area contributed by atoms with Crippen molar-refractivity contribution in [1.29, 1.82) is 0 Å². The zero-order chi connectivity index (χ0) is 11.2. The Morgan fingerprint density at radius 2 is 2.19 bits per heavy atom. The normalized spacial score (nSPS) is 32.8. The first-order valence-electron chi connectivity index (χ1n) is 6.87. The predicted octanol–water partition coefficient (Wildman–Crippen LogP) is 2.35. The summed E-state index contributed by atoms with van der Waals surface area (Å²) in [5.41, 5.74) is 0. The molecular formula is C13H26N2S. The second-order valence-corrected chi connectivity index (χ2v) is 6.44. The van der Waals surface area contributed by atoms with Crippen LogP contribution >= 0.6 is 11.8 Å². The highest BCUT2D eigenvalue weighted by Crippen LogP contribution is 2.19. The molecule has 2 unspecified atom stereocenters. The third-order valence-corrected chi connectivity index (χ3v) is 5.21. The van der Waals surface area contributed by atoms with Gasteiger partial charge >= 0.3 is 0 Å². The molecule has 2 saturated heterocycles. The quantitative estimate of drug-likeness (QED) is 0.815. The van der Waals surface area contributed by atoms with Gasteiger partial charge in [0, 0.05) is 17.8 Å². The Kier molecular flexibility index (Phi) is 5.46. The molecule has 0 spiro atoms. The van der Waals surface area contributed by atoms with Gasteiger partial charge < -0.3 is 10.2 Å². The minimum atomic E-state index is 0.799. The van der Waals surface area contributed by atoms with Crippen molar-refractivity contribution >= 4 is 11.8 Å². The Morgan fingerprint density at radius 3 is 2.94 bits per heavy atom. The predicted molar refractivity (Wildman–Crippen MR) is 73.2 cm³/mol. The molecular weight excluding hydrogens is 216 g/mol. The number of likely N-dealkylation sites (tertiary alicyclic amines) is 1. The summed E-state index contributed by atoms with van der Waals surface area (Å²) in [6.07, 6.45) is 8.41. The molecule has 2 nitrogen and oxygen atoms in total. The van der Waals surface area contributed by atoms with E-state index in [4.69, 9.17) is 0 Å². The first-order valence-corrected chi connectivity index (χ1v) is 8.03. The Bertz CT molecular complexity index is 192. The molecule has 2 heterocycles. The summed E-state index contributed by atoms with van der Waals surface area (Å²) >= 11 is 2.12. The van der Waals surface area contributed by atoms with Gasteiger partial charge in [-0.1, -0.05) is 6.42 Å². The Hall–Kier alpha value is 0.270. The molecule has 0 bridgehead atoms. The fraction of sp³-hybridized carbons (Fsp3) is 1.00. The lowest BCUT2D eigenvalue weighted by Crippen LogP contribution is -2.40. The van der Waals surface area contributed by atoms with Crippen LogP contribution in [0.1, 0.15) is 38.5 Å². The van der Waals surface area contributed by atoms with Gasteiger partial charge in [-0.15, -0.1) is 0 Å². The lowest BCUT2D eigenvalue weighted by Gasteiger charge is -2.33. The van der Waals surface area contributed by atoms with Gasteiger partial charge in [0.05, 0.1) is 0 Å². The molecule has 0 aliphatic carbocycles. The topological polar surface area (TPSA) is 15.3 Å². The SMILES string of the molecule is CN1CCCCC1CCNC1CCCSC1. The highest BCUT2D eigenvalue weighted by Gasteiger charge is 2.19. The van der Waals surface area contributed by atoms with Crippen LogP contribution in [0.25, 0.3) is 0 Å². The van der Waals surface area contributed by atoms with Crippen molar-refractivity contribution in [2.24, 2.45) is 0 Å². The van der Waals surface area contributed by atoms with E-state index in [1.807, 2.05) is 0 Å². The summed E-state index contributed by atoms with van der Waals surface area (Å²) in [5.74, 6) is 2.71. The van der Waals surface area contributed by atoms with Crippen LogP contribution in [0, 0.1) is 0 Å². The third kappa shape index (κ3) is 3.94. The summed E-state index contributed by atoms with van der Waals surface area (Å²) in [6.45, 7) is 2.53. The summed E-state index contributed by atoms with van der Waals surface area (Å²) in [4.78, 5) is 2.56. The molecule has 2 atom stereocenters. The molecule has 3 heteroatoms. The molecule has 2 aliphatic rings. The van der Waals surface area contributed by atoms with E-state index in [0.29, 0.717) is 0 Å². The molecule has 2 aliphatic heterocycles. The molecule has 0 amide bonds. The van der Waals surface area contributed by atoms with Gasteiger partial charge in [-0.25, -0.2) is 0 Å². The first kappa shape index (κ1) is 12.7. The van der Waals surface area contributed by atoms with Crippen molar-refractivity contribution in [2.45, 2.75) is 50.6 Å². The van der Waals surface area contributed by atoms with Crippen molar-refractivity contribution in [1.82, 2.24) is 10.2 Å². The molecule has 2 rings (SSSR count). The van der Waals surface area contributed by atoms with Crippen LogP contribution < -0.4 is 5.32 Å². The largest absolute Gasteiger partial charge is 0.313 e. The fourth-order valence-corrected chi connectivity index (χ4v) is 3.97. The number of piperidine rings is 1. The van der Waals surface area contributed by atoms with Gasteiger partial charge in [0.2, 0.25) is 0 Å². The smallest absolute Gasteiger partial charge is 0.0158 e. The number of nitrogens with zero attached hydrogens (tertiary/aromatic N) is 1. The van der Waals surface area contributed by atoms with Crippen LogP contribution in [0.5, 0.6) is 0 Å². The molecule has 0 saturated carbocycles. The van der Waals surface area contributed by atoms with E-state index in [1.165, 1.54) is 63.1 Å². The summed E-state index contributed by atoms with van der Waals surface area (Å²) in [6, 6.07) is 1.64. The number of nitrogens with one attached hydrogen (secondary N) is 1.